The minimum absolute atomic E-state index is 0.343. The van der Waals surface area contributed by atoms with Crippen molar-refractivity contribution in [3.63, 3.8) is 0 Å². The van der Waals surface area contributed by atoms with Crippen molar-refractivity contribution < 1.29 is 0 Å². The molecule has 0 aliphatic heterocycles. The maximum Gasteiger partial charge on any atom is 0.138 e. The molecule has 0 bridgehead atoms. The summed E-state index contributed by atoms with van der Waals surface area (Å²) in [5, 5.41) is 7.73. The van der Waals surface area contributed by atoms with E-state index in [0.717, 1.165) is 31.3 Å². The van der Waals surface area contributed by atoms with Crippen LogP contribution in [-0.2, 0) is 13.5 Å². The van der Waals surface area contributed by atoms with E-state index in [-0.39, 0.29) is 0 Å². The van der Waals surface area contributed by atoms with Crippen LogP contribution in [0.4, 0.5) is 0 Å². The van der Waals surface area contributed by atoms with Crippen molar-refractivity contribution in [2.24, 2.45) is 18.4 Å². The summed E-state index contributed by atoms with van der Waals surface area (Å²) in [6, 6.07) is 0. The molecule has 1 fully saturated rings. The van der Waals surface area contributed by atoms with Crippen molar-refractivity contribution in [1.29, 1.82) is 0 Å². The van der Waals surface area contributed by atoms with E-state index in [4.69, 9.17) is 0 Å². The molecule has 1 N–H and O–H groups in total. The Bertz CT molecular complexity index is 356. The molecule has 1 heterocycles. The number of aryl methyl sites for hydroxylation is 1. The third-order valence-corrected chi connectivity index (χ3v) is 3.89. The van der Waals surface area contributed by atoms with Gasteiger partial charge in [0.05, 0.1) is 0 Å². The summed E-state index contributed by atoms with van der Waals surface area (Å²) in [6.45, 7) is 6.81. The monoisotopic (exact) mass is 236 g/mol. The molecule has 17 heavy (non-hydrogen) atoms. The summed E-state index contributed by atoms with van der Waals surface area (Å²) in [5.74, 6) is 1.97. The number of rotatable bonds is 7. The first-order chi connectivity index (χ1) is 8.15. The lowest BCUT2D eigenvalue weighted by Crippen LogP contribution is -2.36. The fourth-order valence-electron chi connectivity index (χ4n) is 2.52. The van der Waals surface area contributed by atoms with Crippen LogP contribution in [0.25, 0.3) is 0 Å². The van der Waals surface area contributed by atoms with Gasteiger partial charge in [0.2, 0.25) is 0 Å². The van der Waals surface area contributed by atoms with E-state index in [1.54, 1.807) is 6.33 Å². The number of aromatic nitrogens is 3. The summed E-state index contributed by atoms with van der Waals surface area (Å²) in [5.41, 5.74) is 0.343. The van der Waals surface area contributed by atoms with Crippen LogP contribution in [0, 0.1) is 11.3 Å². The van der Waals surface area contributed by atoms with E-state index in [1.807, 2.05) is 11.7 Å². The fourth-order valence-corrected chi connectivity index (χ4v) is 2.52. The van der Waals surface area contributed by atoms with Gasteiger partial charge in [-0.05, 0) is 37.1 Å². The molecule has 1 aliphatic rings. The van der Waals surface area contributed by atoms with E-state index in [2.05, 4.69) is 29.2 Å². The second kappa shape index (κ2) is 5.17. The summed E-state index contributed by atoms with van der Waals surface area (Å²) in [7, 11) is 1.98. The van der Waals surface area contributed by atoms with Gasteiger partial charge in [-0.15, -0.1) is 0 Å². The molecule has 1 atom stereocenters. The van der Waals surface area contributed by atoms with Crippen LogP contribution in [0.5, 0.6) is 0 Å². The molecule has 96 valence electrons. The van der Waals surface area contributed by atoms with E-state index >= 15 is 0 Å². The Labute approximate surface area is 104 Å². The molecule has 0 aromatic carbocycles. The third kappa shape index (κ3) is 3.06. The molecule has 1 saturated carbocycles. The zero-order chi connectivity index (χ0) is 12.3. The van der Waals surface area contributed by atoms with Gasteiger partial charge in [0.1, 0.15) is 12.2 Å². The second-order valence-corrected chi connectivity index (χ2v) is 5.58. The van der Waals surface area contributed by atoms with Crippen LogP contribution in [0.3, 0.4) is 0 Å². The van der Waals surface area contributed by atoms with Crippen molar-refractivity contribution >= 4 is 0 Å². The van der Waals surface area contributed by atoms with E-state index in [1.165, 1.54) is 19.3 Å². The van der Waals surface area contributed by atoms with Crippen LogP contribution in [0.15, 0.2) is 6.33 Å². The highest BCUT2D eigenvalue weighted by molar-refractivity contribution is 5.00. The van der Waals surface area contributed by atoms with Crippen LogP contribution < -0.4 is 5.32 Å². The summed E-state index contributed by atoms with van der Waals surface area (Å²) < 4.78 is 1.90. The highest BCUT2D eigenvalue weighted by Crippen LogP contribution is 2.46. The predicted octanol–water partition coefficient (Wildman–Crippen LogP) is 1.77. The lowest BCUT2D eigenvalue weighted by atomic mass is 9.81. The molecule has 1 aromatic heterocycles. The van der Waals surface area contributed by atoms with Gasteiger partial charge in [0.25, 0.3) is 0 Å². The standard InChI is InChI=1S/C13H24N4/c1-4-7-14-9-13(2,11-5-6-11)8-12-15-10-16-17(12)3/h10-11,14H,4-9H2,1-3H3. The van der Waals surface area contributed by atoms with Crippen molar-refractivity contribution in [2.45, 2.75) is 39.5 Å². The molecular weight excluding hydrogens is 212 g/mol. The van der Waals surface area contributed by atoms with Gasteiger partial charge in [-0.1, -0.05) is 13.8 Å². The van der Waals surface area contributed by atoms with Crippen molar-refractivity contribution in [1.82, 2.24) is 20.1 Å². The number of hydrogen-bond acceptors (Lipinski definition) is 3. The van der Waals surface area contributed by atoms with Gasteiger partial charge in [-0.2, -0.15) is 5.10 Å². The first-order valence-electron chi connectivity index (χ1n) is 6.69. The van der Waals surface area contributed by atoms with Gasteiger partial charge < -0.3 is 5.32 Å². The third-order valence-electron chi connectivity index (χ3n) is 3.89. The predicted molar refractivity (Wildman–Crippen MR) is 68.7 cm³/mol. The van der Waals surface area contributed by atoms with Crippen molar-refractivity contribution in [2.75, 3.05) is 13.1 Å². The number of hydrogen-bond donors (Lipinski definition) is 1. The Hall–Kier alpha value is -0.900. The van der Waals surface area contributed by atoms with Crippen LogP contribution >= 0.6 is 0 Å². The van der Waals surface area contributed by atoms with Crippen molar-refractivity contribution in [3.8, 4) is 0 Å². The molecule has 1 aromatic rings. The molecule has 1 aliphatic carbocycles. The quantitative estimate of drug-likeness (QED) is 0.734. The average molecular weight is 236 g/mol. The Morgan fingerprint density at radius 3 is 2.82 bits per heavy atom. The summed E-state index contributed by atoms with van der Waals surface area (Å²) in [4.78, 5) is 4.36. The summed E-state index contributed by atoms with van der Waals surface area (Å²) in [6.07, 6.45) is 6.64. The maximum absolute atomic E-state index is 4.36. The minimum Gasteiger partial charge on any atom is -0.316 e. The Balaban J connectivity index is 1.98. The van der Waals surface area contributed by atoms with Gasteiger partial charge in [0.15, 0.2) is 0 Å². The van der Waals surface area contributed by atoms with Crippen molar-refractivity contribution in [3.05, 3.63) is 12.2 Å². The lowest BCUT2D eigenvalue weighted by Gasteiger charge is -2.29. The van der Waals surface area contributed by atoms with Gasteiger partial charge in [-0.3, -0.25) is 4.68 Å². The highest BCUT2D eigenvalue weighted by Gasteiger charge is 2.41. The molecule has 0 spiro atoms. The van der Waals surface area contributed by atoms with Gasteiger partial charge in [0, 0.05) is 20.0 Å². The fraction of sp³-hybridized carbons (Fsp3) is 0.846. The zero-order valence-electron chi connectivity index (χ0n) is 11.2. The minimum atomic E-state index is 0.343. The van der Waals surface area contributed by atoms with E-state index in [0.29, 0.717) is 5.41 Å². The normalized spacial score (nSPS) is 19.2. The second-order valence-electron chi connectivity index (χ2n) is 5.58. The van der Waals surface area contributed by atoms with E-state index in [9.17, 15) is 0 Å². The Kier molecular flexibility index (Phi) is 3.82. The van der Waals surface area contributed by atoms with E-state index < -0.39 is 0 Å². The Morgan fingerprint density at radius 2 is 2.29 bits per heavy atom. The van der Waals surface area contributed by atoms with Crippen LogP contribution in [0.1, 0.15) is 38.9 Å². The maximum atomic E-state index is 4.36. The number of nitrogens with one attached hydrogen (secondary N) is 1. The SMILES string of the molecule is CCCNCC(C)(Cc1ncnn1C)C1CC1. The molecule has 0 radical (unpaired) electrons. The average Bonchev–Trinajstić information content (AvgIpc) is 3.07. The Morgan fingerprint density at radius 1 is 1.53 bits per heavy atom. The smallest absolute Gasteiger partial charge is 0.138 e. The van der Waals surface area contributed by atoms with Crippen LogP contribution in [0.2, 0.25) is 0 Å². The topological polar surface area (TPSA) is 42.7 Å². The molecule has 2 rings (SSSR count). The molecule has 0 saturated heterocycles. The molecule has 4 heteroatoms. The first-order valence-corrected chi connectivity index (χ1v) is 6.69. The molecular formula is C13H24N4. The van der Waals surface area contributed by atoms with Gasteiger partial charge in [-0.25, -0.2) is 4.98 Å². The zero-order valence-corrected chi connectivity index (χ0v) is 11.2. The largest absolute Gasteiger partial charge is 0.316 e. The van der Waals surface area contributed by atoms with Gasteiger partial charge >= 0.3 is 0 Å². The molecule has 0 amide bonds. The summed E-state index contributed by atoms with van der Waals surface area (Å²) >= 11 is 0. The molecule has 4 nitrogen and oxygen atoms in total. The molecule has 1 unspecified atom stereocenters. The lowest BCUT2D eigenvalue weighted by molar-refractivity contribution is 0.248. The number of nitrogens with zero attached hydrogens (tertiary/aromatic N) is 3. The first kappa shape index (κ1) is 12.6. The highest BCUT2D eigenvalue weighted by atomic mass is 15.3. The van der Waals surface area contributed by atoms with Crippen LogP contribution in [-0.4, -0.2) is 27.9 Å².